The fourth-order valence-electron chi connectivity index (χ4n) is 3.60. The smallest absolute Gasteiger partial charge is 0.241 e. The van der Waals surface area contributed by atoms with Gasteiger partial charge in [0.15, 0.2) is 0 Å². The Bertz CT molecular complexity index is 903. The zero-order valence-corrected chi connectivity index (χ0v) is 15.0. The summed E-state index contributed by atoms with van der Waals surface area (Å²) >= 11 is 0. The molecule has 6 heteroatoms. The fraction of sp³-hybridized carbons (Fsp3) is 0.300. The molecule has 0 aliphatic carbocycles. The number of nitrogens with one attached hydrogen (secondary N) is 1. The van der Waals surface area contributed by atoms with E-state index in [-0.39, 0.29) is 18.0 Å². The van der Waals surface area contributed by atoms with Crippen LogP contribution in [0.25, 0.3) is 0 Å². The van der Waals surface area contributed by atoms with Gasteiger partial charge in [0.05, 0.1) is 19.2 Å². The van der Waals surface area contributed by atoms with Crippen LogP contribution in [0.15, 0.2) is 48.5 Å². The minimum absolute atomic E-state index is 0.00283. The molecular formula is C20H23N5O. The van der Waals surface area contributed by atoms with Gasteiger partial charge >= 0.3 is 0 Å². The van der Waals surface area contributed by atoms with Crippen LogP contribution < -0.4 is 15.8 Å². The van der Waals surface area contributed by atoms with Gasteiger partial charge in [-0.05, 0) is 30.0 Å². The third-order valence-corrected chi connectivity index (χ3v) is 4.99. The summed E-state index contributed by atoms with van der Waals surface area (Å²) in [6.07, 6.45) is 1.87. The molecule has 0 spiro atoms. The van der Waals surface area contributed by atoms with Gasteiger partial charge in [0.1, 0.15) is 5.75 Å². The summed E-state index contributed by atoms with van der Waals surface area (Å²) in [7, 11) is 1.69. The quantitative estimate of drug-likeness (QED) is 0.753. The second-order valence-corrected chi connectivity index (χ2v) is 6.52. The molecule has 6 nitrogen and oxygen atoms in total. The van der Waals surface area contributed by atoms with Gasteiger partial charge in [-0.15, -0.1) is 5.10 Å². The minimum atomic E-state index is 0.00283. The normalized spacial score (nSPS) is 18.8. The van der Waals surface area contributed by atoms with Crippen molar-refractivity contribution in [2.24, 2.45) is 0 Å². The van der Waals surface area contributed by atoms with E-state index in [0.717, 1.165) is 24.2 Å². The van der Waals surface area contributed by atoms with Crippen molar-refractivity contribution in [1.29, 1.82) is 0 Å². The number of para-hydroxylation sites is 1. The Morgan fingerprint density at radius 3 is 2.69 bits per heavy atom. The summed E-state index contributed by atoms with van der Waals surface area (Å²) in [4.78, 5) is 4.37. The third-order valence-electron chi connectivity index (χ3n) is 4.99. The molecule has 4 rings (SSSR count). The van der Waals surface area contributed by atoms with E-state index in [0.29, 0.717) is 5.95 Å². The van der Waals surface area contributed by atoms with Gasteiger partial charge in [-0.2, -0.15) is 4.98 Å². The van der Waals surface area contributed by atoms with Gasteiger partial charge in [0, 0.05) is 5.56 Å². The van der Waals surface area contributed by atoms with Crippen molar-refractivity contribution >= 4 is 11.9 Å². The fourth-order valence-corrected chi connectivity index (χ4v) is 3.60. The molecule has 0 saturated carbocycles. The van der Waals surface area contributed by atoms with Crippen molar-refractivity contribution in [3.63, 3.8) is 0 Å². The number of nitrogens with zero attached hydrogens (tertiary/aromatic N) is 3. The maximum absolute atomic E-state index is 5.88. The molecule has 1 aliphatic rings. The lowest BCUT2D eigenvalue weighted by Gasteiger charge is -2.32. The number of hydrogen-bond donors (Lipinski definition) is 2. The lowest BCUT2D eigenvalue weighted by Crippen LogP contribution is -2.28. The number of aryl methyl sites for hydroxylation is 1. The Hall–Kier alpha value is -3.02. The van der Waals surface area contributed by atoms with Crippen LogP contribution in [0.5, 0.6) is 5.75 Å². The molecule has 2 atom stereocenters. The largest absolute Gasteiger partial charge is 0.496 e. The first-order valence-electron chi connectivity index (χ1n) is 8.90. The number of rotatable bonds is 4. The maximum atomic E-state index is 5.88. The number of nitrogen functional groups attached to an aromatic ring is 1. The molecule has 1 aliphatic heterocycles. The van der Waals surface area contributed by atoms with Crippen LogP contribution in [0.4, 0.5) is 11.9 Å². The summed E-state index contributed by atoms with van der Waals surface area (Å²) in [5.41, 5.74) is 9.52. The Morgan fingerprint density at radius 2 is 1.96 bits per heavy atom. The highest BCUT2D eigenvalue weighted by Gasteiger charge is 2.32. The summed E-state index contributed by atoms with van der Waals surface area (Å²) < 4.78 is 7.44. The van der Waals surface area contributed by atoms with Crippen LogP contribution in [0, 0.1) is 0 Å². The highest BCUT2D eigenvalue weighted by molar-refractivity contribution is 5.45. The Labute approximate surface area is 153 Å². The number of methoxy groups -OCH3 is 1. The van der Waals surface area contributed by atoms with E-state index in [9.17, 15) is 0 Å². The van der Waals surface area contributed by atoms with Gasteiger partial charge < -0.3 is 15.8 Å². The second-order valence-electron chi connectivity index (χ2n) is 6.52. The topological polar surface area (TPSA) is 78.0 Å². The number of aromatic nitrogens is 3. The second kappa shape index (κ2) is 6.71. The van der Waals surface area contributed by atoms with Gasteiger partial charge in [0.25, 0.3) is 0 Å². The molecule has 134 valence electrons. The Balaban J connectivity index is 1.75. The lowest BCUT2D eigenvalue weighted by molar-refractivity contribution is 0.380. The van der Waals surface area contributed by atoms with Crippen LogP contribution in [0.3, 0.4) is 0 Å². The van der Waals surface area contributed by atoms with Crippen molar-refractivity contribution in [2.75, 3.05) is 18.2 Å². The lowest BCUT2D eigenvalue weighted by atomic mass is 9.92. The highest BCUT2D eigenvalue weighted by Crippen LogP contribution is 2.40. The number of anilines is 2. The zero-order valence-electron chi connectivity index (χ0n) is 15.0. The Kier molecular flexibility index (Phi) is 4.24. The van der Waals surface area contributed by atoms with Crippen LogP contribution in [0.2, 0.25) is 0 Å². The highest BCUT2D eigenvalue weighted by atomic mass is 16.5. The van der Waals surface area contributed by atoms with Crippen molar-refractivity contribution in [3.05, 3.63) is 65.2 Å². The maximum Gasteiger partial charge on any atom is 0.241 e. The number of nitrogens with two attached hydrogens (primary N) is 1. The molecule has 0 bridgehead atoms. The monoisotopic (exact) mass is 349 g/mol. The van der Waals surface area contributed by atoms with E-state index >= 15 is 0 Å². The molecule has 0 amide bonds. The van der Waals surface area contributed by atoms with Crippen LogP contribution >= 0.6 is 0 Å². The average Bonchev–Trinajstić information content (AvgIpc) is 3.07. The van der Waals surface area contributed by atoms with Crippen molar-refractivity contribution in [3.8, 4) is 5.75 Å². The summed E-state index contributed by atoms with van der Waals surface area (Å²) in [6, 6.07) is 16.9. The van der Waals surface area contributed by atoms with Gasteiger partial charge in [-0.3, -0.25) is 0 Å². The van der Waals surface area contributed by atoms with Gasteiger partial charge in [-0.1, -0.05) is 49.4 Å². The molecule has 0 radical (unpaired) electrons. The van der Waals surface area contributed by atoms with Crippen molar-refractivity contribution in [1.82, 2.24) is 14.8 Å². The molecule has 3 aromatic rings. The molecule has 2 aromatic carbocycles. The van der Waals surface area contributed by atoms with Gasteiger partial charge in [0.2, 0.25) is 11.9 Å². The molecule has 3 N–H and O–H groups in total. The first kappa shape index (κ1) is 16.4. The summed E-state index contributed by atoms with van der Waals surface area (Å²) in [5, 5.41) is 7.88. The van der Waals surface area contributed by atoms with E-state index in [1.54, 1.807) is 7.11 Å². The molecule has 1 aromatic heterocycles. The van der Waals surface area contributed by atoms with Gasteiger partial charge in [-0.25, -0.2) is 4.68 Å². The van der Waals surface area contributed by atoms with Crippen molar-refractivity contribution < 1.29 is 4.74 Å². The van der Waals surface area contributed by atoms with Crippen molar-refractivity contribution in [2.45, 2.75) is 31.8 Å². The van der Waals surface area contributed by atoms with Crippen LogP contribution in [-0.2, 0) is 6.42 Å². The number of fused-ring (bicyclic) bond motifs is 1. The first-order valence-corrected chi connectivity index (χ1v) is 8.90. The number of hydrogen-bond acceptors (Lipinski definition) is 5. The van der Waals surface area contributed by atoms with E-state index in [1.165, 1.54) is 11.1 Å². The molecular weight excluding hydrogens is 326 g/mol. The Morgan fingerprint density at radius 1 is 1.19 bits per heavy atom. The SMILES string of the molecule is CCc1ccc([C@H]2C[C@H](c3ccccc3OC)n3nc(N)nc3N2)cc1. The molecule has 0 unspecified atom stereocenters. The van der Waals surface area contributed by atoms with E-state index in [1.807, 2.05) is 22.9 Å². The van der Waals surface area contributed by atoms with Crippen LogP contribution in [-0.4, -0.2) is 21.9 Å². The summed E-state index contributed by atoms with van der Waals surface area (Å²) in [6.45, 7) is 2.16. The standard InChI is InChI=1S/C20H23N5O/c1-3-13-8-10-14(11-9-13)16-12-17(15-6-4-5-7-18(15)26-2)25-20(22-16)23-19(21)24-25/h4-11,16-17H,3,12H2,1-2H3,(H3,21,22,23,24)/t16-,17-/m1/s1. The predicted molar refractivity (Wildman–Crippen MR) is 102 cm³/mol. The molecule has 0 fully saturated rings. The average molecular weight is 349 g/mol. The van der Waals surface area contributed by atoms with E-state index in [2.05, 4.69) is 52.7 Å². The zero-order chi connectivity index (χ0) is 18.1. The molecule has 0 saturated heterocycles. The summed E-state index contributed by atoms with van der Waals surface area (Å²) in [5.74, 6) is 1.81. The minimum Gasteiger partial charge on any atom is -0.496 e. The first-order chi connectivity index (χ1) is 12.7. The third kappa shape index (κ3) is 2.87. The molecule has 2 heterocycles. The van der Waals surface area contributed by atoms with Crippen LogP contribution in [0.1, 0.15) is 42.1 Å². The molecule has 26 heavy (non-hydrogen) atoms. The van der Waals surface area contributed by atoms with E-state index in [4.69, 9.17) is 10.5 Å². The number of benzene rings is 2. The number of ether oxygens (including phenoxy) is 1. The predicted octanol–water partition coefficient (Wildman–Crippen LogP) is 3.58. The van der Waals surface area contributed by atoms with E-state index < -0.39 is 0 Å².